The lowest BCUT2D eigenvalue weighted by Crippen LogP contribution is -2.35. The molecule has 1 aromatic carbocycles. The molecule has 0 atom stereocenters. The van der Waals surface area contributed by atoms with Crippen LogP contribution in [0.5, 0.6) is 11.5 Å². The van der Waals surface area contributed by atoms with Crippen molar-refractivity contribution in [3.8, 4) is 11.5 Å². The van der Waals surface area contributed by atoms with Gasteiger partial charge < -0.3 is 18.8 Å². The Morgan fingerprint density at radius 1 is 1.16 bits per heavy atom. The van der Waals surface area contributed by atoms with Crippen molar-refractivity contribution in [3.63, 3.8) is 0 Å². The van der Waals surface area contributed by atoms with Crippen LogP contribution in [0.1, 0.15) is 45.1 Å². The molecule has 1 aliphatic rings. The number of rotatable bonds is 7. The average molecular weight is 442 g/mol. The van der Waals surface area contributed by atoms with E-state index in [1.54, 1.807) is 29.2 Å². The van der Waals surface area contributed by atoms with E-state index in [9.17, 15) is 9.59 Å². The smallest absolute Gasteiger partial charge is 0.260 e. The zero-order chi connectivity index (χ0) is 21.8. The van der Waals surface area contributed by atoms with Gasteiger partial charge in [-0.3, -0.25) is 14.9 Å². The van der Waals surface area contributed by atoms with Crippen molar-refractivity contribution in [2.24, 2.45) is 0 Å². The fourth-order valence-corrected chi connectivity index (χ4v) is 4.37. The highest BCUT2D eigenvalue weighted by molar-refractivity contribution is 7.15. The second-order valence-electron chi connectivity index (χ2n) is 6.86. The van der Waals surface area contributed by atoms with E-state index < -0.39 is 0 Å². The summed E-state index contributed by atoms with van der Waals surface area (Å²) < 4.78 is 16.2. The van der Waals surface area contributed by atoms with Gasteiger partial charge in [-0.25, -0.2) is 4.98 Å². The Bertz CT molecular complexity index is 1080. The molecule has 2 amide bonds. The lowest BCUT2D eigenvalue weighted by molar-refractivity contribution is 0.0735. The van der Waals surface area contributed by atoms with Crippen molar-refractivity contribution in [1.82, 2.24) is 9.88 Å². The molecule has 9 heteroatoms. The van der Waals surface area contributed by atoms with Crippen LogP contribution in [0.2, 0.25) is 0 Å². The molecule has 0 saturated carbocycles. The molecule has 162 valence electrons. The molecule has 1 N–H and O–H groups in total. The topological polar surface area (TPSA) is 93.9 Å². The van der Waals surface area contributed by atoms with Crippen LogP contribution in [-0.4, -0.2) is 41.5 Å². The fraction of sp³-hybridized carbons (Fsp3) is 0.318. The highest BCUT2D eigenvalue weighted by Gasteiger charge is 2.26. The predicted molar refractivity (Wildman–Crippen MR) is 116 cm³/mol. The summed E-state index contributed by atoms with van der Waals surface area (Å²) in [6, 6.07) is 6.86. The molecule has 8 nitrogen and oxygen atoms in total. The highest BCUT2D eigenvalue weighted by atomic mass is 32.1. The minimum atomic E-state index is -0.273. The highest BCUT2D eigenvalue weighted by Crippen LogP contribution is 2.32. The molecule has 0 saturated heterocycles. The number of benzene rings is 1. The molecule has 0 aliphatic carbocycles. The molecule has 2 aromatic heterocycles. The van der Waals surface area contributed by atoms with Crippen molar-refractivity contribution in [1.29, 1.82) is 0 Å². The van der Waals surface area contributed by atoms with Gasteiger partial charge in [-0.15, -0.1) is 0 Å². The summed E-state index contributed by atoms with van der Waals surface area (Å²) in [5.41, 5.74) is 1.90. The SMILES string of the molecule is CCOc1ccc(C(=O)N2CCc3nc(NC(=O)c4ccoc4)sc3C2)cc1OCC. The molecule has 0 spiro atoms. The first-order valence-electron chi connectivity index (χ1n) is 10.1. The average Bonchev–Trinajstić information content (AvgIpc) is 3.44. The van der Waals surface area contributed by atoms with Crippen LogP contribution in [0.25, 0.3) is 0 Å². The minimum absolute atomic E-state index is 0.0768. The molecule has 4 rings (SSSR count). The minimum Gasteiger partial charge on any atom is -0.490 e. The van der Waals surface area contributed by atoms with E-state index in [1.165, 1.54) is 23.9 Å². The Balaban J connectivity index is 1.47. The summed E-state index contributed by atoms with van der Waals surface area (Å²) in [6.45, 7) is 5.81. The molecular weight excluding hydrogens is 418 g/mol. The van der Waals surface area contributed by atoms with Crippen LogP contribution in [0, 0.1) is 0 Å². The number of ether oxygens (including phenoxy) is 2. The predicted octanol–water partition coefficient (Wildman–Crippen LogP) is 3.98. The van der Waals surface area contributed by atoms with Gasteiger partial charge in [-0.05, 0) is 38.1 Å². The van der Waals surface area contributed by atoms with E-state index >= 15 is 0 Å². The summed E-state index contributed by atoms with van der Waals surface area (Å²) >= 11 is 1.39. The molecule has 0 radical (unpaired) electrons. The van der Waals surface area contributed by atoms with Crippen LogP contribution >= 0.6 is 11.3 Å². The quantitative estimate of drug-likeness (QED) is 0.596. The number of carbonyl (C=O) groups is 2. The first kappa shape index (κ1) is 20.9. The maximum atomic E-state index is 13.1. The van der Waals surface area contributed by atoms with Gasteiger partial charge in [0.15, 0.2) is 16.6 Å². The van der Waals surface area contributed by atoms with Gasteiger partial charge in [-0.1, -0.05) is 11.3 Å². The van der Waals surface area contributed by atoms with Crippen LogP contribution in [0.15, 0.2) is 41.2 Å². The van der Waals surface area contributed by atoms with E-state index in [4.69, 9.17) is 13.9 Å². The zero-order valence-electron chi connectivity index (χ0n) is 17.3. The second kappa shape index (κ2) is 9.22. The number of hydrogen-bond donors (Lipinski definition) is 1. The van der Waals surface area contributed by atoms with Crippen LogP contribution in [0.3, 0.4) is 0 Å². The standard InChI is InChI=1S/C22H23N3O5S/c1-3-29-17-6-5-14(11-18(17)30-4-2)21(27)25-9-7-16-19(12-25)31-22(23-16)24-20(26)15-8-10-28-13-15/h5-6,8,10-11,13H,3-4,7,9,12H2,1-2H3,(H,23,24,26). The Morgan fingerprint density at radius 2 is 1.97 bits per heavy atom. The maximum Gasteiger partial charge on any atom is 0.260 e. The number of nitrogens with zero attached hydrogens (tertiary/aromatic N) is 2. The third-order valence-electron chi connectivity index (χ3n) is 4.81. The van der Waals surface area contributed by atoms with E-state index in [2.05, 4.69) is 10.3 Å². The van der Waals surface area contributed by atoms with Gasteiger partial charge in [0, 0.05) is 23.4 Å². The van der Waals surface area contributed by atoms with E-state index in [1.807, 2.05) is 13.8 Å². The molecule has 1 aliphatic heterocycles. The largest absolute Gasteiger partial charge is 0.490 e. The molecule has 3 aromatic rings. The fourth-order valence-electron chi connectivity index (χ4n) is 3.35. The summed E-state index contributed by atoms with van der Waals surface area (Å²) in [4.78, 5) is 32.6. The number of furan rings is 1. The van der Waals surface area contributed by atoms with Crippen molar-refractivity contribution in [3.05, 3.63) is 58.5 Å². The Morgan fingerprint density at radius 3 is 2.71 bits per heavy atom. The number of anilines is 1. The van der Waals surface area contributed by atoms with Gasteiger partial charge in [0.2, 0.25) is 0 Å². The monoisotopic (exact) mass is 441 g/mol. The first-order chi connectivity index (χ1) is 15.1. The second-order valence-corrected chi connectivity index (χ2v) is 7.94. The number of carbonyl (C=O) groups excluding carboxylic acids is 2. The lowest BCUT2D eigenvalue weighted by atomic mass is 10.1. The molecule has 3 heterocycles. The van der Waals surface area contributed by atoms with Gasteiger partial charge in [0.1, 0.15) is 6.26 Å². The lowest BCUT2D eigenvalue weighted by Gasteiger charge is -2.26. The number of fused-ring (bicyclic) bond motifs is 1. The van der Waals surface area contributed by atoms with Gasteiger partial charge >= 0.3 is 0 Å². The van der Waals surface area contributed by atoms with Crippen molar-refractivity contribution in [2.45, 2.75) is 26.8 Å². The van der Waals surface area contributed by atoms with Crippen LogP contribution in [-0.2, 0) is 13.0 Å². The van der Waals surface area contributed by atoms with Crippen molar-refractivity contribution < 1.29 is 23.5 Å². The number of amides is 2. The zero-order valence-corrected chi connectivity index (χ0v) is 18.2. The summed E-state index contributed by atoms with van der Waals surface area (Å²) in [5.74, 6) is 0.842. The summed E-state index contributed by atoms with van der Waals surface area (Å²) in [5, 5.41) is 3.31. The normalized spacial score (nSPS) is 12.9. The number of thiazole rings is 1. The molecule has 0 fully saturated rings. The van der Waals surface area contributed by atoms with Gasteiger partial charge in [0.05, 0.1) is 37.3 Å². The molecule has 0 bridgehead atoms. The maximum absolute atomic E-state index is 13.1. The number of hydrogen-bond acceptors (Lipinski definition) is 7. The van der Waals surface area contributed by atoms with E-state index in [0.29, 0.717) is 60.5 Å². The van der Waals surface area contributed by atoms with Gasteiger partial charge in [0.25, 0.3) is 11.8 Å². The molecule has 31 heavy (non-hydrogen) atoms. The van der Waals surface area contributed by atoms with E-state index in [-0.39, 0.29) is 11.8 Å². The third kappa shape index (κ3) is 4.56. The third-order valence-corrected chi connectivity index (χ3v) is 5.81. The molecular formula is C22H23N3O5S. The number of nitrogens with one attached hydrogen (secondary N) is 1. The van der Waals surface area contributed by atoms with Crippen LogP contribution in [0.4, 0.5) is 5.13 Å². The Labute approximate surface area is 183 Å². The first-order valence-corrected chi connectivity index (χ1v) is 10.9. The van der Waals surface area contributed by atoms with E-state index in [0.717, 1.165) is 10.6 Å². The van der Waals surface area contributed by atoms with Crippen molar-refractivity contribution >= 4 is 28.3 Å². The van der Waals surface area contributed by atoms with Gasteiger partial charge in [-0.2, -0.15) is 0 Å². The summed E-state index contributed by atoms with van der Waals surface area (Å²) in [7, 11) is 0. The van der Waals surface area contributed by atoms with Crippen LogP contribution < -0.4 is 14.8 Å². The number of aromatic nitrogens is 1. The Kier molecular flexibility index (Phi) is 6.22. The molecule has 0 unspecified atom stereocenters. The van der Waals surface area contributed by atoms with Crippen molar-refractivity contribution in [2.75, 3.05) is 25.1 Å². The summed E-state index contributed by atoms with van der Waals surface area (Å²) in [6.07, 6.45) is 3.47. The Hall–Kier alpha value is -3.33.